The summed E-state index contributed by atoms with van der Waals surface area (Å²) in [5, 5.41) is 15.2. The summed E-state index contributed by atoms with van der Waals surface area (Å²) in [5.41, 5.74) is 0.675. The van der Waals surface area contributed by atoms with Gasteiger partial charge in [0, 0.05) is 12.1 Å². The van der Waals surface area contributed by atoms with E-state index in [1.54, 1.807) is 0 Å². The zero-order valence-electron chi connectivity index (χ0n) is 12.8. The summed E-state index contributed by atoms with van der Waals surface area (Å²) in [6.45, 7) is 0.340. The molecular formula is C19H23NO2. The minimum Gasteiger partial charge on any atom is -0.391 e. The zero-order valence-corrected chi connectivity index (χ0v) is 12.8. The summed E-state index contributed by atoms with van der Waals surface area (Å²) in [7, 11) is 0. The molecule has 0 aromatic heterocycles. The molecule has 2 N–H and O–H groups in total. The molecule has 1 saturated carbocycles. The molecule has 3 heteroatoms. The first-order valence-corrected chi connectivity index (χ1v) is 8.20. The Morgan fingerprint density at radius 3 is 2.64 bits per heavy atom. The van der Waals surface area contributed by atoms with Gasteiger partial charge in [0.2, 0.25) is 0 Å². The number of aliphatic hydroxyl groups is 1. The maximum Gasteiger partial charge on any atom is 0.252 e. The first kappa shape index (κ1) is 15.0. The normalized spacial score (nSPS) is 17.3. The van der Waals surface area contributed by atoms with Crippen molar-refractivity contribution in [2.75, 3.05) is 6.54 Å². The number of carbonyl (C=O) groups is 1. The van der Waals surface area contributed by atoms with E-state index in [9.17, 15) is 9.90 Å². The topological polar surface area (TPSA) is 49.3 Å². The van der Waals surface area contributed by atoms with Gasteiger partial charge in [-0.3, -0.25) is 4.79 Å². The largest absolute Gasteiger partial charge is 0.391 e. The van der Waals surface area contributed by atoms with Crippen molar-refractivity contribution < 1.29 is 9.90 Å². The van der Waals surface area contributed by atoms with Crippen molar-refractivity contribution in [2.45, 2.75) is 38.2 Å². The van der Waals surface area contributed by atoms with Gasteiger partial charge in [-0.25, -0.2) is 0 Å². The molecule has 1 aliphatic carbocycles. The van der Waals surface area contributed by atoms with E-state index in [2.05, 4.69) is 5.32 Å². The molecule has 0 heterocycles. The number of carbonyl (C=O) groups excluding carboxylic acids is 1. The number of amides is 1. The number of hydrogen-bond acceptors (Lipinski definition) is 2. The van der Waals surface area contributed by atoms with Crippen molar-refractivity contribution in [2.24, 2.45) is 5.92 Å². The molecule has 1 aliphatic rings. The Morgan fingerprint density at radius 2 is 1.82 bits per heavy atom. The van der Waals surface area contributed by atoms with E-state index in [1.807, 2.05) is 42.5 Å². The van der Waals surface area contributed by atoms with Gasteiger partial charge < -0.3 is 10.4 Å². The van der Waals surface area contributed by atoms with E-state index >= 15 is 0 Å². The van der Waals surface area contributed by atoms with Crippen LogP contribution < -0.4 is 5.32 Å². The van der Waals surface area contributed by atoms with E-state index in [-0.39, 0.29) is 5.91 Å². The van der Waals surface area contributed by atoms with Gasteiger partial charge in [0.25, 0.3) is 5.91 Å². The van der Waals surface area contributed by atoms with Crippen LogP contribution in [0.25, 0.3) is 10.8 Å². The van der Waals surface area contributed by atoms with Crippen molar-refractivity contribution in [1.82, 2.24) is 5.32 Å². The molecule has 1 amide bonds. The number of fused-ring (bicyclic) bond motifs is 1. The Bertz CT molecular complexity index is 641. The molecular weight excluding hydrogens is 274 g/mol. The van der Waals surface area contributed by atoms with Crippen LogP contribution in [0.4, 0.5) is 0 Å². The predicted octanol–water partition coefficient (Wildman–Crippen LogP) is 3.51. The number of rotatable bonds is 4. The highest BCUT2D eigenvalue weighted by molar-refractivity contribution is 6.06. The average Bonchev–Trinajstić information content (AvgIpc) is 2.59. The summed E-state index contributed by atoms with van der Waals surface area (Å²) < 4.78 is 0. The molecule has 0 aliphatic heterocycles. The van der Waals surface area contributed by atoms with Crippen LogP contribution >= 0.6 is 0 Å². The van der Waals surface area contributed by atoms with Gasteiger partial charge in [-0.15, -0.1) is 0 Å². The van der Waals surface area contributed by atoms with Crippen molar-refractivity contribution in [1.29, 1.82) is 0 Å². The maximum absolute atomic E-state index is 12.4. The average molecular weight is 297 g/mol. The van der Waals surface area contributed by atoms with Crippen LogP contribution in [0, 0.1) is 5.92 Å². The molecule has 3 rings (SSSR count). The molecule has 0 spiro atoms. The Labute approximate surface area is 131 Å². The van der Waals surface area contributed by atoms with Gasteiger partial charge in [0.15, 0.2) is 0 Å². The lowest BCUT2D eigenvalue weighted by Crippen LogP contribution is -2.37. The summed E-state index contributed by atoms with van der Waals surface area (Å²) in [5.74, 6) is 0.230. The van der Waals surface area contributed by atoms with E-state index < -0.39 is 6.10 Å². The van der Waals surface area contributed by atoms with Crippen molar-refractivity contribution in [3.05, 3.63) is 48.0 Å². The summed E-state index contributed by atoms with van der Waals surface area (Å²) >= 11 is 0. The lowest BCUT2D eigenvalue weighted by molar-refractivity contribution is 0.0739. The molecule has 3 nitrogen and oxygen atoms in total. The Morgan fingerprint density at radius 1 is 1.09 bits per heavy atom. The van der Waals surface area contributed by atoms with Crippen LogP contribution in [0.15, 0.2) is 42.5 Å². The summed E-state index contributed by atoms with van der Waals surface area (Å²) in [4.78, 5) is 12.4. The predicted molar refractivity (Wildman–Crippen MR) is 88.9 cm³/mol. The van der Waals surface area contributed by atoms with Crippen molar-refractivity contribution in [3.8, 4) is 0 Å². The third kappa shape index (κ3) is 3.30. The van der Waals surface area contributed by atoms with Crippen molar-refractivity contribution >= 4 is 16.7 Å². The molecule has 116 valence electrons. The fourth-order valence-corrected chi connectivity index (χ4v) is 3.40. The van der Waals surface area contributed by atoms with Crippen LogP contribution in [-0.4, -0.2) is 23.7 Å². The lowest BCUT2D eigenvalue weighted by atomic mass is 9.85. The van der Waals surface area contributed by atoms with Gasteiger partial charge in [-0.2, -0.15) is 0 Å². The lowest BCUT2D eigenvalue weighted by Gasteiger charge is -2.26. The highest BCUT2D eigenvalue weighted by Gasteiger charge is 2.22. The van der Waals surface area contributed by atoms with E-state index in [0.717, 1.165) is 23.6 Å². The fraction of sp³-hybridized carbons (Fsp3) is 0.421. The number of benzene rings is 2. The molecule has 2 aromatic carbocycles. The minimum atomic E-state index is -0.431. The fourth-order valence-electron chi connectivity index (χ4n) is 3.40. The first-order chi connectivity index (χ1) is 10.8. The standard InChI is InChI=1S/C19H23NO2/c21-18(15-8-2-1-3-9-15)13-20-19(22)17-12-6-10-14-7-4-5-11-16(14)17/h4-7,10-12,15,18,21H,1-3,8-9,13H2,(H,20,22)/t18-/m0/s1. The molecule has 0 saturated heterocycles. The van der Waals surface area contributed by atoms with Gasteiger partial charge >= 0.3 is 0 Å². The Balaban J connectivity index is 1.66. The third-order valence-electron chi connectivity index (χ3n) is 4.70. The molecule has 22 heavy (non-hydrogen) atoms. The minimum absolute atomic E-state index is 0.105. The SMILES string of the molecule is O=C(NC[C@H](O)C1CCCCC1)c1cccc2ccccc12. The van der Waals surface area contributed by atoms with Crippen LogP contribution in [0.3, 0.4) is 0 Å². The van der Waals surface area contributed by atoms with Gasteiger partial charge in [-0.05, 0) is 35.6 Å². The highest BCUT2D eigenvalue weighted by Crippen LogP contribution is 2.26. The summed E-state index contributed by atoms with van der Waals surface area (Å²) in [6, 6.07) is 13.6. The Kier molecular flexibility index (Phi) is 4.74. The first-order valence-electron chi connectivity index (χ1n) is 8.20. The smallest absolute Gasteiger partial charge is 0.252 e. The molecule has 2 aromatic rings. The number of aliphatic hydroxyl groups excluding tert-OH is 1. The van der Waals surface area contributed by atoms with Crippen molar-refractivity contribution in [3.63, 3.8) is 0 Å². The van der Waals surface area contributed by atoms with Crippen LogP contribution in [0.2, 0.25) is 0 Å². The second-order valence-corrected chi connectivity index (χ2v) is 6.20. The molecule has 1 fully saturated rings. The van der Waals surface area contributed by atoms with E-state index in [0.29, 0.717) is 18.0 Å². The molecule has 0 unspecified atom stereocenters. The van der Waals surface area contributed by atoms with Crippen LogP contribution in [0.1, 0.15) is 42.5 Å². The maximum atomic E-state index is 12.4. The number of nitrogens with one attached hydrogen (secondary N) is 1. The van der Waals surface area contributed by atoms with E-state index in [4.69, 9.17) is 0 Å². The zero-order chi connectivity index (χ0) is 15.4. The van der Waals surface area contributed by atoms with Gasteiger partial charge in [0.05, 0.1) is 6.10 Å². The second-order valence-electron chi connectivity index (χ2n) is 6.20. The number of hydrogen-bond donors (Lipinski definition) is 2. The highest BCUT2D eigenvalue weighted by atomic mass is 16.3. The monoisotopic (exact) mass is 297 g/mol. The third-order valence-corrected chi connectivity index (χ3v) is 4.70. The molecule has 0 radical (unpaired) electrons. The Hall–Kier alpha value is -1.87. The van der Waals surface area contributed by atoms with Gasteiger partial charge in [-0.1, -0.05) is 55.7 Å². The van der Waals surface area contributed by atoms with Crippen LogP contribution in [-0.2, 0) is 0 Å². The van der Waals surface area contributed by atoms with E-state index in [1.165, 1.54) is 19.3 Å². The molecule has 0 bridgehead atoms. The van der Waals surface area contributed by atoms with Crippen LogP contribution in [0.5, 0.6) is 0 Å². The molecule has 1 atom stereocenters. The summed E-state index contributed by atoms with van der Waals surface area (Å²) in [6.07, 6.45) is 5.37. The quantitative estimate of drug-likeness (QED) is 0.907. The second kappa shape index (κ2) is 6.93. The van der Waals surface area contributed by atoms with Gasteiger partial charge in [0.1, 0.15) is 0 Å².